The van der Waals surface area contributed by atoms with E-state index in [9.17, 15) is 4.79 Å². The van der Waals surface area contributed by atoms with E-state index in [0.29, 0.717) is 41.7 Å². The minimum Gasteiger partial charge on any atom is -0.493 e. The van der Waals surface area contributed by atoms with Crippen LogP contribution in [-0.2, 0) is 6.54 Å². The van der Waals surface area contributed by atoms with Crippen molar-refractivity contribution in [2.45, 2.75) is 13.5 Å². The molecule has 1 amide bonds. The summed E-state index contributed by atoms with van der Waals surface area (Å²) in [7, 11) is 6.48. The van der Waals surface area contributed by atoms with Crippen LogP contribution in [0.25, 0.3) is 0 Å². The number of benzene rings is 2. The molecule has 2 rings (SSSR count). The number of hydrogen-bond acceptors (Lipinski definition) is 5. The number of carbonyl (C=O) groups excluding carboxylic acids is 1. The lowest BCUT2D eigenvalue weighted by Gasteiger charge is -2.19. The highest BCUT2D eigenvalue weighted by Gasteiger charge is 2.16. The van der Waals surface area contributed by atoms with E-state index in [-0.39, 0.29) is 5.91 Å². The van der Waals surface area contributed by atoms with E-state index >= 15 is 0 Å². The SMILES string of the molecule is CCOc1ccc(C(=O)N(C)Cc2ccc(OC)c(OC)c2)cc1OC. The van der Waals surface area contributed by atoms with Gasteiger partial charge >= 0.3 is 0 Å². The minimum atomic E-state index is -0.110. The Morgan fingerprint density at radius 3 is 2.12 bits per heavy atom. The lowest BCUT2D eigenvalue weighted by Crippen LogP contribution is -2.26. The van der Waals surface area contributed by atoms with Crippen LogP contribution in [0.5, 0.6) is 23.0 Å². The summed E-state index contributed by atoms with van der Waals surface area (Å²) in [6, 6.07) is 10.8. The van der Waals surface area contributed by atoms with E-state index < -0.39 is 0 Å². The van der Waals surface area contributed by atoms with E-state index in [0.717, 1.165) is 5.56 Å². The fraction of sp³-hybridized carbons (Fsp3) is 0.350. The molecule has 0 atom stereocenters. The first-order valence-corrected chi connectivity index (χ1v) is 8.31. The molecule has 140 valence electrons. The van der Waals surface area contributed by atoms with Crippen LogP contribution in [0, 0.1) is 0 Å². The second-order valence-electron chi connectivity index (χ2n) is 5.65. The van der Waals surface area contributed by atoms with Gasteiger partial charge in [0, 0.05) is 19.2 Å². The van der Waals surface area contributed by atoms with Crippen LogP contribution in [0.4, 0.5) is 0 Å². The summed E-state index contributed by atoms with van der Waals surface area (Å²) in [5, 5.41) is 0. The molecule has 0 aliphatic heterocycles. The molecule has 6 nitrogen and oxygen atoms in total. The molecule has 0 heterocycles. The highest BCUT2D eigenvalue weighted by atomic mass is 16.5. The van der Waals surface area contributed by atoms with Gasteiger partial charge in [-0.3, -0.25) is 4.79 Å². The highest BCUT2D eigenvalue weighted by Crippen LogP contribution is 2.30. The van der Waals surface area contributed by atoms with E-state index in [2.05, 4.69) is 0 Å². The molecular weight excluding hydrogens is 334 g/mol. The van der Waals surface area contributed by atoms with Gasteiger partial charge in [-0.1, -0.05) is 6.07 Å². The Balaban J connectivity index is 2.17. The van der Waals surface area contributed by atoms with Crippen LogP contribution in [0.3, 0.4) is 0 Å². The molecule has 0 fully saturated rings. The fourth-order valence-corrected chi connectivity index (χ4v) is 2.62. The Labute approximate surface area is 154 Å². The number of carbonyl (C=O) groups is 1. The summed E-state index contributed by atoms with van der Waals surface area (Å²) >= 11 is 0. The maximum atomic E-state index is 12.7. The zero-order chi connectivity index (χ0) is 19.1. The molecule has 0 N–H and O–H groups in total. The average Bonchev–Trinajstić information content (AvgIpc) is 2.67. The molecule has 0 radical (unpaired) electrons. The van der Waals surface area contributed by atoms with E-state index in [4.69, 9.17) is 18.9 Å². The van der Waals surface area contributed by atoms with Crippen molar-refractivity contribution in [2.75, 3.05) is 35.0 Å². The van der Waals surface area contributed by atoms with Crippen LogP contribution in [0.1, 0.15) is 22.8 Å². The molecule has 0 aliphatic carbocycles. The van der Waals surface area contributed by atoms with Crippen molar-refractivity contribution in [1.29, 1.82) is 0 Å². The summed E-state index contributed by atoms with van der Waals surface area (Å²) in [6.45, 7) is 2.87. The van der Waals surface area contributed by atoms with Gasteiger partial charge in [0.05, 0.1) is 27.9 Å². The van der Waals surface area contributed by atoms with Crippen LogP contribution in [0.15, 0.2) is 36.4 Å². The van der Waals surface area contributed by atoms with Gasteiger partial charge < -0.3 is 23.8 Å². The first kappa shape index (κ1) is 19.4. The van der Waals surface area contributed by atoms with Crippen molar-refractivity contribution in [3.05, 3.63) is 47.5 Å². The highest BCUT2D eigenvalue weighted by molar-refractivity contribution is 5.94. The Hall–Kier alpha value is -2.89. The average molecular weight is 359 g/mol. The number of nitrogens with zero attached hydrogens (tertiary/aromatic N) is 1. The molecule has 0 spiro atoms. The standard InChI is InChI=1S/C20H25NO5/c1-6-26-17-10-8-15(12-19(17)25-5)20(22)21(2)13-14-7-9-16(23-3)18(11-14)24-4/h7-12H,6,13H2,1-5H3. The first-order chi connectivity index (χ1) is 12.5. The molecule has 26 heavy (non-hydrogen) atoms. The molecular formula is C20H25NO5. The molecule has 0 aliphatic rings. The summed E-state index contributed by atoms with van der Waals surface area (Å²) in [5.74, 6) is 2.34. The van der Waals surface area contributed by atoms with Crippen LogP contribution in [-0.4, -0.2) is 45.8 Å². The van der Waals surface area contributed by atoms with Crippen molar-refractivity contribution in [3.63, 3.8) is 0 Å². The molecule has 0 saturated carbocycles. The van der Waals surface area contributed by atoms with Gasteiger partial charge in [-0.05, 0) is 42.8 Å². The maximum absolute atomic E-state index is 12.7. The third-order valence-electron chi connectivity index (χ3n) is 3.92. The number of amides is 1. The number of hydrogen-bond donors (Lipinski definition) is 0. The zero-order valence-electron chi connectivity index (χ0n) is 15.9. The lowest BCUT2D eigenvalue weighted by atomic mass is 10.1. The minimum absolute atomic E-state index is 0.110. The number of ether oxygens (including phenoxy) is 4. The van der Waals surface area contributed by atoms with Crippen molar-refractivity contribution < 1.29 is 23.7 Å². The van der Waals surface area contributed by atoms with Gasteiger partial charge in [0.25, 0.3) is 5.91 Å². The summed E-state index contributed by atoms with van der Waals surface area (Å²) < 4.78 is 21.4. The normalized spacial score (nSPS) is 10.2. The van der Waals surface area contributed by atoms with Gasteiger partial charge in [-0.15, -0.1) is 0 Å². The van der Waals surface area contributed by atoms with Gasteiger partial charge in [0.15, 0.2) is 23.0 Å². The lowest BCUT2D eigenvalue weighted by molar-refractivity contribution is 0.0784. The summed E-state index contributed by atoms with van der Waals surface area (Å²) in [5.41, 5.74) is 1.48. The predicted molar refractivity (Wildman–Crippen MR) is 99.5 cm³/mol. The van der Waals surface area contributed by atoms with E-state index in [1.54, 1.807) is 51.5 Å². The monoisotopic (exact) mass is 359 g/mol. The molecule has 0 bridgehead atoms. The van der Waals surface area contributed by atoms with Gasteiger partial charge in [0.1, 0.15) is 0 Å². The van der Waals surface area contributed by atoms with Crippen LogP contribution in [0.2, 0.25) is 0 Å². The van der Waals surface area contributed by atoms with Gasteiger partial charge in [-0.2, -0.15) is 0 Å². The molecule has 2 aromatic carbocycles. The summed E-state index contributed by atoms with van der Waals surface area (Å²) in [4.78, 5) is 14.4. The largest absolute Gasteiger partial charge is 0.493 e. The first-order valence-electron chi connectivity index (χ1n) is 8.31. The van der Waals surface area contributed by atoms with E-state index in [1.165, 1.54) is 0 Å². The zero-order valence-corrected chi connectivity index (χ0v) is 15.9. The van der Waals surface area contributed by atoms with Crippen molar-refractivity contribution >= 4 is 5.91 Å². The second-order valence-corrected chi connectivity index (χ2v) is 5.65. The molecule has 0 aromatic heterocycles. The Bertz CT molecular complexity index is 760. The van der Waals surface area contributed by atoms with Crippen molar-refractivity contribution in [2.24, 2.45) is 0 Å². The Morgan fingerprint density at radius 1 is 0.885 bits per heavy atom. The number of rotatable bonds is 8. The van der Waals surface area contributed by atoms with Gasteiger partial charge in [-0.25, -0.2) is 0 Å². The Kier molecular flexibility index (Phi) is 6.72. The molecule has 2 aromatic rings. The molecule has 6 heteroatoms. The third-order valence-corrected chi connectivity index (χ3v) is 3.92. The van der Waals surface area contributed by atoms with E-state index in [1.807, 2.05) is 25.1 Å². The summed E-state index contributed by atoms with van der Waals surface area (Å²) in [6.07, 6.45) is 0. The number of methoxy groups -OCH3 is 3. The second kappa shape index (κ2) is 8.99. The smallest absolute Gasteiger partial charge is 0.254 e. The predicted octanol–water partition coefficient (Wildman–Crippen LogP) is 3.38. The third kappa shape index (κ3) is 4.39. The maximum Gasteiger partial charge on any atom is 0.254 e. The van der Waals surface area contributed by atoms with Crippen LogP contribution < -0.4 is 18.9 Å². The Morgan fingerprint density at radius 2 is 1.50 bits per heavy atom. The quantitative estimate of drug-likeness (QED) is 0.723. The molecule has 0 saturated heterocycles. The molecule has 0 unspecified atom stereocenters. The van der Waals surface area contributed by atoms with Crippen molar-refractivity contribution in [3.8, 4) is 23.0 Å². The van der Waals surface area contributed by atoms with Crippen LogP contribution >= 0.6 is 0 Å². The van der Waals surface area contributed by atoms with Crippen molar-refractivity contribution in [1.82, 2.24) is 4.90 Å². The fourth-order valence-electron chi connectivity index (χ4n) is 2.62. The topological polar surface area (TPSA) is 57.2 Å². The van der Waals surface area contributed by atoms with Gasteiger partial charge in [0.2, 0.25) is 0 Å².